The van der Waals surface area contributed by atoms with Crippen molar-refractivity contribution in [1.29, 1.82) is 5.26 Å². The minimum Gasteiger partial charge on any atom is -0.193 e. The Hall–Kier alpha value is 0.190. The normalized spacial score (nSPS) is 33.8. The van der Waals surface area contributed by atoms with Gasteiger partial charge in [-0.1, -0.05) is 50.8 Å². The van der Waals surface area contributed by atoms with Gasteiger partial charge in [-0.15, -0.1) is 0 Å². The van der Waals surface area contributed by atoms with E-state index < -0.39 is 0 Å². The van der Waals surface area contributed by atoms with Gasteiger partial charge in [-0.2, -0.15) is 5.26 Å². The second kappa shape index (κ2) is 3.10. The Morgan fingerprint density at radius 2 is 1.92 bits per heavy atom. The summed E-state index contributed by atoms with van der Waals surface area (Å²) in [5, 5.41) is 8.48. The number of halogens is 2. The van der Waals surface area contributed by atoms with Crippen molar-refractivity contribution >= 4 is 31.9 Å². The molecule has 0 aliphatic heterocycles. The van der Waals surface area contributed by atoms with Crippen LogP contribution < -0.4 is 0 Å². The van der Waals surface area contributed by atoms with Crippen molar-refractivity contribution in [3.05, 3.63) is 12.2 Å². The molecule has 2 rings (SSSR count). The van der Waals surface area contributed by atoms with E-state index in [0.29, 0.717) is 11.3 Å². The standard InChI is InChI=1S/C10H11Br2N/c11-10(12)8(4-3-7-13)9(10)5-1-2-6-9/h3-4,8H,1-2,5-6H2/b4-3+. The molecule has 0 aromatic heterocycles. The highest BCUT2D eigenvalue weighted by molar-refractivity contribution is 9.25. The summed E-state index contributed by atoms with van der Waals surface area (Å²) in [5.74, 6) is 0.502. The molecule has 2 aliphatic carbocycles. The first-order chi connectivity index (χ1) is 6.15. The predicted molar refractivity (Wildman–Crippen MR) is 59.7 cm³/mol. The molecule has 0 heterocycles. The molecule has 0 saturated heterocycles. The predicted octanol–water partition coefficient (Wildman–Crippen LogP) is 3.74. The molecule has 1 nitrogen and oxygen atoms in total. The number of alkyl halides is 2. The van der Waals surface area contributed by atoms with Crippen LogP contribution in [0.25, 0.3) is 0 Å². The first kappa shape index (κ1) is 9.73. The van der Waals surface area contributed by atoms with Gasteiger partial charge in [0, 0.05) is 17.4 Å². The summed E-state index contributed by atoms with van der Waals surface area (Å²) in [7, 11) is 0. The van der Waals surface area contributed by atoms with Crippen molar-refractivity contribution in [3.8, 4) is 6.07 Å². The molecule has 3 heteroatoms. The van der Waals surface area contributed by atoms with Crippen molar-refractivity contribution in [2.24, 2.45) is 11.3 Å². The van der Waals surface area contributed by atoms with E-state index in [4.69, 9.17) is 5.26 Å². The number of rotatable bonds is 1. The van der Waals surface area contributed by atoms with Crippen molar-refractivity contribution < 1.29 is 0 Å². The lowest BCUT2D eigenvalue weighted by Crippen LogP contribution is -2.01. The molecule has 0 aromatic carbocycles. The second-order valence-corrected chi connectivity index (χ2v) is 7.52. The fraction of sp³-hybridized carbons (Fsp3) is 0.700. The zero-order valence-corrected chi connectivity index (χ0v) is 10.4. The maximum absolute atomic E-state index is 8.48. The van der Waals surface area contributed by atoms with Crippen molar-refractivity contribution in [2.45, 2.75) is 28.9 Å². The van der Waals surface area contributed by atoms with Crippen molar-refractivity contribution in [2.75, 3.05) is 0 Å². The van der Waals surface area contributed by atoms with Crippen LogP contribution in [0.1, 0.15) is 25.7 Å². The zero-order valence-electron chi connectivity index (χ0n) is 7.26. The topological polar surface area (TPSA) is 23.8 Å². The summed E-state index contributed by atoms with van der Waals surface area (Å²) < 4.78 is 0.0802. The number of allylic oxidation sites excluding steroid dienone is 2. The van der Waals surface area contributed by atoms with Crippen LogP contribution in [0.2, 0.25) is 0 Å². The maximum atomic E-state index is 8.48. The van der Waals surface area contributed by atoms with Crippen molar-refractivity contribution in [3.63, 3.8) is 0 Å². The first-order valence-corrected chi connectivity index (χ1v) is 6.18. The van der Waals surface area contributed by atoms with Crippen LogP contribution in [0.15, 0.2) is 12.2 Å². The minimum absolute atomic E-state index is 0.0802. The summed E-state index contributed by atoms with van der Waals surface area (Å²) in [6.07, 6.45) is 8.86. The van der Waals surface area contributed by atoms with Crippen LogP contribution in [0.3, 0.4) is 0 Å². The van der Waals surface area contributed by atoms with Gasteiger partial charge in [-0.3, -0.25) is 0 Å². The monoisotopic (exact) mass is 303 g/mol. The van der Waals surface area contributed by atoms with Gasteiger partial charge in [0.05, 0.1) is 9.30 Å². The van der Waals surface area contributed by atoms with Crippen LogP contribution >= 0.6 is 31.9 Å². The molecular weight excluding hydrogens is 294 g/mol. The van der Waals surface area contributed by atoms with E-state index in [-0.39, 0.29) is 3.23 Å². The number of nitrogens with zero attached hydrogens (tertiary/aromatic N) is 1. The third kappa shape index (κ3) is 1.22. The lowest BCUT2D eigenvalue weighted by atomic mass is 10.0. The molecule has 0 amide bonds. The maximum Gasteiger partial charge on any atom is 0.0936 e. The van der Waals surface area contributed by atoms with Gasteiger partial charge >= 0.3 is 0 Å². The summed E-state index contributed by atoms with van der Waals surface area (Å²) in [6, 6.07) is 2.06. The number of nitriles is 1. The lowest BCUT2D eigenvalue weighted by Gasteiger charge is -2.07. The second-order valence-electron chi connectivity index (χ2n) is 3.95. The fourth-order valence-electron chi connectivity index (χ4n) is 2.63. The highest BCUT2D eigenvalue weighted by Gasteiger charge is 2.73. The van der Waals surface area contributed by atoms with E-state index in [1.807, 2.05) is 6.08 Å². The first-order valence-electron chi connectivity index (χ1n) is 4.59. The van der Waals surface area contributed by atoms with E-state index >= 15 is 0 Å². The molecule has 1 unspecified atom stereocenters. The van der Waals surface area contributed by atoms with E-state index in [0.717, 1.165) is 0 Å². The third-order valence-corrected chi connectivity index (χ3v) is 5.99. The smallest absolute Gasteiger partial charge is 0.0936 e. The van der Waals surface area contributed by atoms with Crippen LogP contribution in [0.4, 0.5) is 0 Å². The van der Waals surface area contributed by atoms with E-state index in [9.17, 15) is 0 Å². The minimum atomic E-state index is 0.0802. The lowest BCUT2D eigenvalue weighted by molar-refractivity contribution is 0.503. The SMILES string of the molecule is N#C/C=C/C1C(Br)(Br)C12CCCC2. The Bertz CT molecular complexity index is 282. The third-order valence-electron chi connectivity index (χ3n) is 3.43. The van der Waals surface area contributed by atoms with Gasteiger partial charge in [0.25, 0.3) is 0 Å². The Morgan fingerprint density at radius 1 is 1.31 bits per heavy atom. The molecule has 2 fully saturated rings. The molecule has 1 spiro atoms. The van der Waals surface area contributed by atoms with Gasteiger partial charge in [-0.25, -0.2) is 0 Å². The summed E-state index contributed by atoms with van der Waals surface area (Å²) in [5.41, 5.74) is 0.403. The van der Waals surface area contributed by atoms with Gasteiger partial charge < -0.3 is 0 Å². The average Bonchev–Trinajstić information content (AvgIpc) is 2.53. The average molecular weight is 305 g/mol. The Morgan fingerprint density at radius 3 is 2.46 bits per heavy atom. The van der Waals surface area contributed by atoms with Gasteiger partial charge in [0.15, 0.2) is 0 Å². The van der Waals surface area contributed by atoms with Gasteiger partial charge in [-0.05, 0) is 12.8 Å². The highest BCUT2D eigenvalue weighted by atomic mass is 79.9. The molecule has 70 valence electrons. The molecule has 1 atom stereocenters. The van der Waals surface area contributed by atoms with Crippen LogP contribution in [0.5, 0.6) is 0 Å². The van der Waals surface area contributed by atoms with E-state index in [1.54, 1.807) is 6.08 Å². The molecule has 0 aromatic rings. The number of hydrogen-bond donors (Lipinski definition) is 0. The van der Waals surface area contributed by atoms with E-state index in [2.05, 4.69) is 37.9 Å². The molecule has 0 bridgehead atoms. The van der Waals surface area contributed by atoms with Crippen LogP contribution in [-0.2, 0) is 0 Å². The van der Waals surface area contributed by atoms with Crippen LogP contribution in [0, 0.1) is 22.7 Å². The Balaban J connectivity index is 2.16. The van der Waals surface area contributed by atoms with E-state index in [1.165, 1.54) is 25.7 Å². The summed E-state index contributed by atoms with van der Waals surface area (Å²) in [6.45, 7) is 0. The largest absolute Gasteiger partial charge is 0.193 e. The zero-order chi connectivity index (χ0) is 9.53. The molecule has 0 N–H and O–H groups in total. The van der Waals surface area contributed by atoms with Gasteiger partial charge in [0.2, 0.25) is 0 Å². The fourth-order valence-corrected chi connectivity index (χ4v) is 4.87. The van der Waals surface area contributed by atoms with Crippen LogP contribution in [-0.4, -0.2) is 3.23 Å². The van der Waals surface area contributed by atoms with Crippen molar-refractivity contribution in [1.82, 2.24) is 0 Å². The molecule has 2 aliphatic rings. The summed E-state index contributed by atoms with van der Waals surface area (Å²) >= 11 is 7.45. The summed E-state index contributed by atoms with van der Waals surface area (Å²) in [4.78, 5) is 0. The molecule has 0 radical (unpaired) electrons. The Kier molecular flexibility index (Phi) is 2.32. The number of hydrogen-bond acceptors (Lipinski definition) is 1. The molecular formula is C10H11Br2N. The Labute approximate surface area is 95.5 Å². The molecule has 13 heavy (non-hydrogen) atoms. The van der Waals surface area contributed by atoms with Gasteiger partial charge in [0.1, 0.15) is 0 Å². The highest BCUT2D eigenvalue weighted by Crippen LogP contribution is 2.77. The quantitative estimate of drug-likeness (QED) is 0.535. The molecule has 2 saturated carbocycles.